The van der Waals surface area contributed by atoms with E-state index in [1.165, 1.54) is 47.5 Å². The van der Waals surface area contributed by atoms with E-state index >= 15 is 0 Å². The third-order valence-corrected chi connectivity index (χ3v) is 11.7. The van der Waals surface area contributed by atoms with Gasteiger partial charge in [-0.1, -0.05) is 0 Å². The summed E-state index contributed by atoms with van der Waals surface area (Å²) >= 11 is 6.41. The molecule has 0 fully saturated rings. The fraction of sp³-hybridized carbons (Fsp3) is 0. The molecule has 8 nitrogen and oxygen atoms in total. The molecule has 6 heterocycles. The summed E-state index contributed by atoms with van der Waals surface area (Å²) in [5.74, 6) is -1.28. The van der Waals surface area contributed by atoms with Crippen molar-refractivity contribution >= 4 is 90.0 Å². The number of Topliss-reactive ketones (excluding diaryl/α,β-unsaturated/α-hetero) is 4. The Hall–Kier alpha value is -4.62. The SMILES string of the molecule is O=C1C(=Cc2ccc(-c3cc4sc(-c5ccc(C=C6C(=O)c7cnncc7C6=O)s5)cc4s3)s2)C(=O)c2cnncc21. The van der Waals surface area contributed by atoms with Crippen LogP contribution < -0.4 is 0 Å². The largest absolute Gasteiger partial charge is 0.288 e. The Bertz CT molecular complexity index is 1990. The Morgan fingerprint density at radius 3 is 1.17 bits per heavy atom. The first kappa shape index (κ1) is 25.1. The smallest absolute Gasteiger partial charge is 0.199 e. The fourth-order valence-corrected chi connectivity index (χ4v) is 9.36. The topological polar surface area (TPSA) is 120 Å². The summed E-state index contributed by atoms with van der Waals surface area (Å²) < 4.78 is 2.31. The van der Waals surface area contributed by atoms with E-state index < -0.39 is 0 Å². The van der Waals surface area contributed by atoms with Crippen LogP contribution in [0.4, 0.5) is 0 Å². The van der Waals surface area contributed by atoms with Crippen LogP contribution in [0.1, 0.15) is 51.2 Å². The first-order valence-electron chi connectivity index (χ1n) is 12.4. The van der Waals surface area contributed by atoms with Crippen LogP contribution in [-0.4, -0.2) is 43.5 Å². The fourth-order valence-electron chi connectivity index (χ4n) is 4.90. The van der Waals surface area contributed by atoms with E-state index in [0.717, 1.165) is 38.7 Å². The lowest BCUT2D eigenvalue weighted by Crippen LogP contribution is -1.99. The zero-order valence-corrected chi connectivity index (χ0v) is 24.2. The van der Waals surface area contributed by atoms with Crippen molar-refractivity contribution in [3.63, 3.8) is 0 Å². The van der Waals surface area contributed by atoms with Gasteiger partial charge in [0.15, 0.2) is 23.1 Å². The van der Waals surface area contributed by atoms with Crippen LogP contribution in [0, 0.1) is 0 Å². The highest BCUT2D eigenvalue weighted by molar-refractivity contribution is 7.33. The van der Waals surface area contributed by atoms with Gasteiger partial charge in [0.25, 0.3) is 0 Å². The quantitative estimate of drug-likeness (QED) is 0.154. The van der Waals surface area contributed by atoms with Crippen molar-refractivity contribution in [2.24, 2.45) is 0 Å². The number of carbonyl (C=O) groups excluding carboxylic acids is 4. The Balaban J connectivity index is 1.03. The van der Waals surface area contributed by atoms with Gasteiger partial charge in [-0.25, -0.2) is 0 Å². The molecule has 6 aromatic rings. The van der Waals surface area contributed by atoms with Gasteiger partial charge < -0.3 is 0 Å². The number of rotatable bonds is 4. The number of aromatic nitrogens is 4. The molecule has 2 aliphatic carbocycles. The second-order valence-electron chi connectivity index (χ2n) is 9.42. The summed E-state index contributed by atoms with van der Waals surface area (Å²) in [5.41, 5.74) is 1.45. The highest BCUT2D eigenvalue weighted by atomic mass is 32.1. The number of allylic oxidation sites excluding steroid dienone is 2. The summed E-state index contributed by atoms with van der Waals surface area (Å²) in [6.07, 6.45) is 8.64. The molecule has 0 aromatic carbocycles. The van der Waals surface area contributed by atoms with Crippen molar-refractivity contribution in [1.82, 2.24) is 20.4 Å². The molecule has 0 atom stereocenters. The first-order valence-corrected chi connectivity index (χ1v) is 15.7. The molecule has 2 aliphatic rings. The summed E-state index contributed by atoms with van der Waals surface area (Å²) in [5, 5.41) is 14.9. The van der Waals surface area contributed by atoms with Crippen LogP contribution >= 0.6 is 45.3 Å². The minimum atomic E-state index is -0.321. The molecule has 0 aliphatic heterocycles. The summed E-state index contributed by atoms with van der Waals surface area (Å²) in [6.45, 7) is 0. The third-order valence-electron chi connectivity index (χ3n) is 6.94. The average molecular weight is 621 g/mol. The number of thiophene rings is 4. The molecule has 0 amide bonds. The number of ketones is 4. The van der Waals surface area contributed by atoms with Gasteiger partial charge in [-0.2, -0.15) is 20.4 Å². The molecular formula is C30H12N4O4S4. The van der Waals surface area contributed by atoms with Gasteiger partial charge in [0.05, 0.1) is 58.2 Å². The second-order valence-corrected chi connectivity index (χ2v) is 13.8. The van der Waals surface area contributed by atoms with Crippen molar-refractivity contribution in [2.45, 2.75) is 0 Å². The van der Waals surface area contributed by atoms with Gasteiger partial charge in [0.1, 0.15) is 0 Å². The molecule has 200 valence electrons. The number of hydrogen-bond acceptors (Lipinski definition) is 12. The lowest BCUT2D eigenvalue weighted by atomic mass is 10.1. The Labute approximate surface area is 252 Å². The van der Waals surface area contributed by atoms with Gasteiger partial charge >= 0.3 is 0 Å². The van der Waals surface area contributed by atoms with E-state index in [1.807, 2.05) is 24.3 Å². The summed E-state index contributed by atoms with van der Waals surface area (Å²) in [6, 6.07) is 12.1. The van der Waals surface area contributed by atoms with Crippen LogP contribution in [0.2, 0.25) is 0 Å². The maximum absolute atomic E-state index is 12.7. The Kier molecular flexibility index (Phi) is 5.66. The lowest BCUT2D eigenvalue weighted by Gasteiger charge is -1.93. The van der Waals surface area contributed by atoms with Gasteiger partial charge in [0, 0.05) is 38.7 Å². The third kappa shape index (κ3) is 3.91. The monoisotopic (exact) mass is 620 g/mol. The van der Waals surface area contributed by atoms with Crippen molar-refractivity contribution in [3.8, 4) is 19.5 Å². The highest BCUT2D eigenvalue weighted by Crippen LogP contribution is 2.45. The van der Waals surface area contributed by atoms with E-state index in [0.29, 0.717) is 22.3 Å². The molecule has 0 bridgehead atoms. The molecule has 0 N–H and O–H groups in total. The molecule has 0 radical (unpaired) electrons. The van der Waals surface area contributed by atoms with E-state index in [2.05, 4.69) is 32.5 Å². The van der Waals surface area contributed by atoms with E-state index in [1.54, 1.807) is 34.8 Å². The summed E-state index contributed by atoms with van der Waals surface area (Å²) in [7, 11) is 0. The zero-order valence-electron chi connectivity index (χ0n) is 21.0. The Morgan fingerprint density at radius 1 is 0.452 bits per heavy atom. The second kappa shape index (κ2) is 9.46. The zero-order chi connectivity index (χ0) is 28.5. The molecular weight excluding hydrogens is 609 g/mol. The van der Waals surface area contributed by atoms with Crippen LogP contribution in [0.3, 0.4) is 0 Å². The predicted molar refractivity (Wildman–Crippen MR) is 164 cm³/mol. The molecule has 42 heavy (non-hydrogen) atoms. The minimum absolute atomic E-state index is 0.135. The lowest BCUT2D eigenvalue weighted by molar-refractivity contribution is 0.0975. The van der Waals surface area contributed by atoms with Gasteiger partial charge in [-0.3, -0.25) is 19.2 Å². The Morgan fingerprint density at radius 2 is 0.810 bits per heavy atom. The van der Waals surface area contributed by atoms with Crippen LogP contribution in [0.15, 0.2) is 72.3 Å². The molecule has 8 rings (SSSR count). The average Bonchev–Trinajstić information content (AvgIpc) is 3.84. The van der Waals surface area contributed by atoms with Gasteiger partial charge in [-0.15, -0.1) is 45.3 Å². The molecule has 0 saturated carbocycles. The maximum Gasteiger partial charge on any atom is 0.199 e. The number of carbonyl (C=O) groups is 4. The molecule has 12 heteroatoms. The van der Waals surface area contributed by atoms with Crippen LogP contribution in [0.25, 0.3) is 41.1 Å². The van der Waals surface area contributed by atoms with Gasteiger partial charge in [-0.05, 0) is 48.6 Å². The van der Waals surface area contributed by atoms with E-state index in [-0.39, 0.29) is 34.3 Å². The number of hydrogen-bond donors (Lipinski definition) is 0. The van der Waals surface area contributed by atoms with Crippen LogP contribution in [-0.2, 0) is 0 Å². The molecule has 0 unspecified atom stereocenters. The summed E-state index contributed by atoms with van der Waals surface area (Å²) in [4.78, 5) is 56.8. The minimum Gasteiger partial charge on any atom is -0.288 e. The van der Waals surface area contributed by atoms with Crippen molar-refractivity contribution in [2.75, 3.05) is 0 Å². The predicted octanol–water partition coefficient (Wildman–Crippen LogP) is 6.93. The molecule has 6 aromatic heterocycles. The van der Waals surface area contributed by atoms with Gasteiger partial charge in [0.2, 0.25) is 0 Å². The van der Waals surface area contributed by atoms with Crippen LogP contribution in [0.5, 0.6) is 0 Å². The highest BCUT2D eigenvalue weighted by Gasteiger charge is 2.34. The number of nitrogens with zero attached hydrogens (tertiary/aromatic N) is 4. The maximum atomic E-state index is 12.7. The number of fused-ring (bicyclic) bond motifs is 3. The molecule has 0 saturated heterocycles. The van der Waals surface area contributed by atoms with E-state index in [4.69, 9.17) is 0 Å². The first-order chi connectivity index (χ1) is 20.4. The standard InChI is InChI=1S/C30H12N4O4S4/c35-27-15(28(36)18-10-32-31-9-17(18)27)5-13-1-3-21(39-13)23-7-25-26(41-23)8-24(42-25)22-4-2-14(40-22)6-16-29(37)19-11-33-34-12-20(19)30(16)38/h1-12H. The van der Waals surface area contributed by atoms with E-state index in [9.17, 15) is 19.2 Å². The van der Waals surface area contributed by atoms with Crippen molar-refractivity contribution < 1.29 is 19.2 Å². The molecule has 0 spiro atoms. The normalized spacial score (nSPS) is 14.3. The van der Waals surface area contributed by atoms with Crippen molar-refractivity contribution in [1.29, 1.82) is 0 Å². The van der Waals surface area contributed by atoms with Crippen molar-refractivity contribution in [3.05, 3.63) is 104 Å².